The van der Waals surface area contributed by atoms with E-state index in [9.17, 15) is 22.8 Å². The first-order valence-electron chi connectivity index (χ1n) is 12.0. The zero-order valence-corrected chi connectivity index (χ0v) is 20.8. The Morgan fingerprint density at radius 2 is 1.97 bits per heavy atom. The lowest BCUT2D eigenvalue weighted by atomic mass is 9.91. The number of aromatic nitrogens is 6. The molecule has 1 saturated carbocycles. The fourth-order valence-electron chi connectivity index (χ4n) is 3.87. The van der Waals surface area contributed by atoms with E-state index in [1.165, 1.54) is 17.9 Å². The van der Waals surface area contributed by atoms with Gasteiger partial charge in [0.2, 0.25) is 5.91 Å². The first kappa shape index (κ1) is 26.9. The fourth-order valence-corrected chi connectivity index (χ4v) is 3.87. The first-order valence-corrected chi connectivity index (χ1v) is 12.0. The van der Waals surface area contributed by atoms with E-state index >= 15 is 0 Å². The van der Waals surface area contributed by atoms with Crippen LogP contribution in [0.15, 0.2) is 30.5 Å². The molecule has 1 fully saturated rings. The number of rotatable bonds is 11. The summed E-state index contributed by atoms with van der Waals surface area (Å²) in [4.78, 5) is 28.3. The van der Waals surface area contributed by atoms with Crippen LogP contribution in [0.2, 0.25) is 0 Å². The molecule has 0 spiro atoms. The molecule has 14 heteroatoms. The summed E-state index contributed by atoms with van der Waals surface area (Å²) >= 11 is 0. The van der Waals surface area contributed by atoms with Gasteiger partial charge in [0.25, 0.3) is 11.8 Å². The minimum atomic E-state index is -2.68. The Kier molecular flexibility index (Phi) is 8.17. The molecule has 0 saturated heterocycles. The lowest BCUT2D eigenvalue weighted by molar-refractivity contribution is -0.134. The van der Waals surface area contributed by atoms with Crippen LogP contribution in [-0.2, 0) is 24.2 Å². The van der Waals surface area contributed by atoms with Crippen molar-refractivity contribution in [1.29, 1.82) is 0 Å². The van der Waals surface area contributed by atoms with Crippen LogP contribution in [-0.4, -0.2) is 67.2 Å². The molecule has 0 bridgehead atoms. The molecule has 1 aliphatic carbocycles. The van der Waals surface area contributed by atoms with Gasteiger partial charge < -0.3 is 15.4 Å². The van der Waals surface area contributed by atoms with Gasteiger partial charge in [0, 0.05) is 37.7 Å². The van der Waals surface area contributed by atoms with Crippen molar-refractivity contribution in [3.05, 3.63) is 53.2 Å². The summed E-state index contributed by atoms with van der Waals surface area (Å²) in [7, 11) is 1.47. The van der Waals surface area contributed by atoms with E-state index in [4.69, 9.17) is 4.74 Å². The van der Waals surface area contributed by atoms with E-state index in [2.05, 4.69) is 36.1 Å². The first-order chi connectivity index (χ1) is 18.1. The van der Waals surface area contributed by atoms with Gasteiger partial charge in [0.1, 0.15) is 18.0 Å². The molecule has 2 N–H and O–H groups in total. The van der Waals surface area contributed by atoms with Crippen LogP contribution >= 0.6 is 0 Å². The van der Waals surface area contributed by atoms with Crippen LogP contribution < -0.4 is 15.4 Å². The zero-order chi connectivity index (χ0) is 27.3. The van der Waals surface area contributed by atoms with E-state index in [1.54, 1.807) is 31.2 Å². The summed E-state index contributed by atoms with van der Waals surface area (Å²) < 4.78 is 47.3. The van der Waals surface area contributed by atoms with Crippen molar-refractivity contribution < 1.29 is 27.5 Å². The number of nitrogens with zero attached hydrogens (tertiary/aromatic N) is 6. The highest BCUT2D eigenvalue weighted by Gasteiger charge is 2.47. The highest BCUT2D eigenvalue weighted by atomic mass is 19.3. The van der Waals surface area contributed by atoms with Crippen LogP contribution in [0.25, 0.3) is 0 Å². The number of alkyl halides is 3. The molecule has 202 valence electrons. The fraction of sp³-hybridized carbons (Fsp3) is 0.458. The number of aryl methyl sites for hydroxylation is 2. The molecule has 3 aromatic rings. The number of hydrogen-bond donors (Lipinski definition) is 2. The van der Waals surface area contributed by atoms with Crippen LogP contribution in [0.4, 0.5) is 19.0 Å². The normalized spacial score (nSPS) is 15.4. The molecule has 1 atom stereocenters. The molecule has 0 aliphatic heterocycles. The highest BCUT2D eigenvalue weighted by Crippen LogP contribution is 2.39. The molecule has 4 rings (SSSR count). The number of ether oxygens (including phenoxy) is 1. The van der Waals surface area contributed by atoms with Gasteiger partial charge in [-0.05, 0) is 31.9 Å². The number of carbonyl (C=O) groups is 2. The summed E-state index contributed by atoms with van der Waals surface area (Å²) in [5.74, 6) is -2.86. The zero-order valence-electron chi connectivity index (χ0n) is 20.8. The third-order valence-corrected chi connectivity index (χ3v) is 5.76. The van der Waals surface area contributed by atoms with E-state index in [1.807, 2.05) is 0 Å². The number of hydrogen-bond acceptors (Lipinski definition) is 8. The Hall–Kier alpha value is -4.10. The summed E-state index contributed by atoms with van der Waals surface area (Å²) in [5, 5.41) is 20.5. The SMILES string of the molecule is CNC(=O)c1cn(C[C@H](F)CCc2ccc(NC(=O)Cc3cc(OC4CC(F)(F)C4)cc(C)n3)nn2)nn1. The third kappa shape index (κ3) is 7.46. The van der Waals surface area contributed by atoms with Crippen molar-refractivity contribution in [3.8, 4) is 5.75 Å². The Balaban J connectivity index is 1.23. The van der Waals surface area contributed by atoms with Gasteiger partial charge in [0.05, 0.1) is 30.6 Å². The molecule has 0 aromatic carbocycles. The summed E-state index contributed by atoms with van der Waals surface area (Å²) in [6.07, 6.45) is -0.695. The molecule has 2 amide bonds. The Bertz CT molecular complexity index is 1280. The topological polar surface area (TPSA) is 137 Å². The predicted molar refractivity (Wildman–Crippen MR) is 129 cm³/mol. The summed E-state index contributed by atoms with van der Waals surface area (Å²) in [6.45, 7) is 1.67. The standard InChI is InChI=1S/C24H27F3N8O3/c1-14-7-18(38-19-10-24(26,27)11-19)8-17(29-14)9-22(36)30-21-6-5-16(31-33-21)4-3-15(25)12-35-13-20(32-34-35)23(37)28-2/h5-8,13,15,19H,3-4,9-12H2,1-2H3,(H,28,37)(H,30,33,36)/t15-/m1/s1. The summed E-state index contributed by atoms with van der Waals surface area (Å²) in [6, 6.07) is 6.40. The number of amides is 2. The van der Waals surface area contributed by atoms with Gasteiger partial charge in [-0.15, -0.1) is 10.2 Å². The molecular weight excluding hydrogens is 505 g/mol. The van der Waals surface area contributed by atoms with Gasteiger partial charge in [-0.1, -0.05) is 5.21 Å². The van der Waals surface area contributed by atoms with E-state index in [-0.39, 0.29) is 49.6 Å². The lowest BCUT2D eigenvalue weighted by Gasteiger charge is -2.34. The van der Waals surface area contributed by atoms with Crippen molar-refractivity contribution in [2.45, 2.75) is 63.8 Å². The quantitative estimate of drug-likeness (QED) is 0.384. The maximum atomic E-state index is 14.4. The second-order valence-electron chi connectivity index (χ2n) is 9.12. The van der Waals surface area contributed by atoms with E-state index < -0.39 is 24.1 Å². The van der Waals surface area contributed by atoms with Gasteiger partial charge in [-0.2, -0.15) is 5.10 Å². The van der Waals surface area contributed by atoms with Gasteiger partial charge >= 0.3 is 0 Å². The van der Waals surface area contributed by atoms with Crippen LogP contribution in [0.5, 0.6) is 5.75 Å². The predicted octanol–water partition coefficient (Wildman–Crippen LogP) is 2.46. The van der Waals surface area contributed by atoms with Crippen molar-refractivity contribution in [3.63, 3.8) is 0 Å². The maximum Gasteiger partial charge on any atom is 0.273 e. The molecule has 3 aromatic heterocycles. The molecule has 38 heavy (non-hydrogen) atoms. The monoisotopic (exact) mass is 532 g/mol. The van der Waals surface area contributed by atoms with E-state index in [0.717, 1.165) is 0 Å². The Labute approximate surface area is 216 Å². The lowest BCUT2D eigenvalue weighted by Crippen LogP contribution is -2.43. The van der Waals surface area contributed by atoms with Gasteiger partial charge in [0.15, 0.2) is 11.5 Å². The van der Waals surface area contributed by atoms with Crippen molar-refractivity contribution in [1.82, 2.24) is 35.5 Å². The molecule has 0 radical (unpaired) electrons. The second-order valence-corrected chi connectivity index (χ2v) is 9.12. The summed E-state index contributed by atoms with van der Waals surface area (Å²) in [5.41, 5.74) is 1.68. The average molecular weight is 533 g/mol. The maximum absolute atomic E-state index is 14.4. The Morgan fingerprint density at radius 3 is 2.66 bits per heavy atom. The number of nitrogens with one attached hydrogen (secondary N) is 2. The van der Waals surface area contributed by atoms with Gasteiger partial charge in [-0.25, -0.2) is 17.9 Å². The number of anilines is 1. The van der Waals surface area contributed by atoms with Crippen molar-refractivity contribution in [2.24, 2.45) is 0 Å². The number of carbonyl (C=O) groups excluding carboxylic acids is 2. The molecule has 0 unspecified atom stereocenters. The second kappa shape index (κ2) is 11.5. The molecule has 3 heterocycles. The number of halogens is 3. The van der Waals surface area contributed by atoms with E-state index in [0.29, 0.717) is 29.3 Å². The van der Waals surface area contributed by atoms with Crippen molar-refractivity contribution >= 4 is 17.6 Å². The molecule has 11 nitrogen and oxygen atoms in total. The van der Waals surface area contributed by atoms with Crippen LogP contribution in [0.1, 0.15) is 46.8 Å². The Morgan fingerprint density at radius 1 is 1.18 bits per heavy atom. The highest BCUT2D eigenvalue weighted by molar-refractivity contribution is 5.91. The van der Waals surface area contributed by atoms with Gasteiger partial charge in [-0.3, -0.25) is 14.6 Å². The van der Waals surface area contributed by atoms with Crippen LogP contribution in [0, 0.1) is 6.92 Å². The number of pyridine rings is 1. The average Bonchev–Trinajstić information content (AvgIpc) is 3.30. The smallest absolute Gasteiger partial charge is 0.273 e. The molecular formula is C24H27F3N8O3. The largest absolute Gasteiger partial charge is 0.490 e. The molecule has 1 aliphatic rings. The van der Waals surface area contributed by atoms with Crippen LogP contribution in [0.3, 0.4) is 0 Å². The minimum Gasteiger partial charge on any atom is -0.490 e. The minimum absolute atomic E-state index is 0.0571. The third-order valence-electron chi connectivity index (χ3n) is 5.76. The van der Waals surface area contributed by atoms with Crippen molar-refractivity contribution in [2.75, 3.05) is 12.4 Å².